The first-order valence-corrected chi connectivity index (χ1v) is 8.90. The van der Waals surface area contributed by atoms with Crippen molar-refractivity contribution in [3.8, 4) is 5.75 Å². The van der Waals surface area contributed by atoms with Gasteiger partial charge in [-0.05, 0) is 40.5 Å². The first-order chi connectivity index (χ1) is 11.8. The van der Waals surface area contributed by atoms with Gasteiger partial charge in [-0.25, -0.2) is 0 Å². The monoisotopic (exact) mass is 330 g/mol. The topological polar surface area (TPSA) is 9.23 Å². The van der Waals surface area contributed by atoms with Crippen molar-refractivity contribution in [2.75, 3.05) is 7.11 Å². The van der Waals surface area contributed by atoms with Crippen molar-refractivity contribution in [2.24, 2.45) is 0 Å². The SMILES string of the molecule is COc1ccc2c(c1)C(c1ccccc1)SC(c1ccccc1)=C2. The standard InChI is InChI=1S/C22H18OS/c1-23-19-13-12-18-14-21(16-8-4-2-5-9-16)24-22(20(18)15-19)17-10-6-3-7-11-17/h2-15,22H,1H3. The van der Waals surface area contributed by atoms with Crippen molar-refractivity contribution >= 4 is 22.7 Å². The molecule has 3 aromatic rings. The lowest BCUT2D eigenvalue weighted by Crippen LogP contribution is -2.04. The zero-order chi connectivity index (χ0) is 16.4. The summed E-state index contributed by atoms with van der Waals surface area (Å²) in [6.07, 6.45) is 2.29. The smallest absolute Gasteiger partial charge is 0.119 e. The molecule has 24 heavy (non-hydrogen) atoms. The molecule has 0 saturated carbocycles. The maximum Gasteiger partial charge on any atom is 0.119 e. The summed E-state index contributed by atoms with van der Waals surface area (Å²) in [4.78, 5) is 1.31. The molecule has 1 unspecified atom stereocenters. The van der Waals surface area contributed by atoms with Gasteiger partial charge in [-0.1, -0.05) is 66.7 Å². The molecular formula is C22H18OS. The van der Waals surface area contributed by atoms with Crippen LogP contribution in [0.3, 0.4) is 0 Å². The number of benzene rings is 3. The van der Waals surface area contributed by atoms with E-state index < -0.39 is 0 Å². The third-order valence-electron chi connectivity index (χ3n) is 4.27. The molecule has 1 aliphatic rings. The van der Waals surface area contributed by atoms with Crippen LogP contribution in [0.1, 0.15) is 27.5 Å². The van der Waals surface area contributed by atoms with Crippen molar-refractivity contribution in [2.45, 2.75) is 5.25 Å². The largest absolute Gasteiger partial charge is 0.497 e. The van der Waals surface area contributed by atoms with Gasteiger partial charge in [-0.2, -0.15) is 0 Å². The lowest BCUT2D eigenvalue weighted by Gasteiger charge is -2.26. The maximum absolute atomic E-state index is 5.45. The van der Waals surface area contributed by atoms with Crippen LogP contribution in [-0.4, -0.2) is 7.11 Å². The Labute approximate surface area is 147 Å². The highest BCUT2D eigenvalue weighted by Crippen LogP contribution is 2.50. The van der Waals surface area contributed by atoms with E-state index in [-0.39, 0.29) is 5.25 Å². The van der Waals surface area contributed by atoms with Gasteiger partial charge in [0.15, 0.2) is 0 Å². The summed E-state index contributed by atoms with van der Waals surface area (Å²) in [7, 11) is 1.72. The number of fused-ring (bicyclic) bond motifs is 1. The number of rotatable bonds is 3. The van der Waals surface area contributed by atoms with E-state index in [0.717, 1.165) is 5.75 Å². The van der Waals surface area contributed by atoms with Crippen molar-refractivity contribution in [1.82, 2.24) is 0 Å². The van der Waals surface area contributed by atoms with Gasteiger partial charge in [-0.3, -0.25) is 0 Å². The molecule has 0 amide bonds. The average molecular weight is 330 g/mol. The first kappa shape index (κ1) is 15.1. The second kappa shape index (κ2) is 6.58. The molecule has 0 N–H and O–H groups in total. The Hall–Kier alpha value is -2.45. The van der Waals surface area contributed by atoms with Crippen LogP contribution in [0.15, 0.2) is 78.9 Å². The summed E-state index contributed by atoms with van der Waals surface area (Å²) >= 11 is 1.91. The molecule has 0 bridgehead atoms. The van der Waals surface area contributed by atoms with Gasteiger partial charge in [0.2, 0.25) is 0 Å². The van der Waals surface area contributed by atoms with Crippen LogP contribution >= 0.6 is 11.8 Å². The van der Waals surface area contributed by atoms with Gasteiger partial charge in [0.05, 0.1) is 12.4 Å². The van der Waals surface area contributed by atoms with Crippen molar-refractivity contribution < 1.29 is 4.74 Å². The average Bonchev–Trinajstić information content (AvgIpc) is 2.68. The quantitative estimate of drug-likeness (QED) is 0.580. The molecule has 0 fully saturated rings. The van der Waals surface area contributed by atoms with Gasteiger partial charge in [0.25, 0.3) is 0 Å². The molecule has 2 heteroatoms. The number of ether oxygens (including phenoxy) is 1. The molecular weight excluding hydrogens is 312 g/mol. The summed E-state index contributed by atoms with van der Waals surface area (Å²) in [5.41, 5.74) is 5.16. The third-order valence-corrected chi connectivity index (χ3v) is 5.64. The van der Waals surface area contributed by atoms with Gasteiger partial charge >= 0.3 is 0 Å². The van der Waals surface area contributed by atoms with E-state index >= 15 is 0 Å². The van der Waals surface area contributed by atoms with Crippen LogP contribution in [0.5, 0.6) is 5.75 Å². The zero-order valence-electron chi connectivity index (χ0n) is 13.5. The van der Waals surface area contributed by atoms with Crippen LogP contribution in [0.2, 0.25) is 0 Å². The highest BCUT2D eigenvalue weighted by molar-refractivity contribution is 8.09. The molecule has 0 spiro atoms. The normalized spacial score (nSPS) is 16.2. The lowest BCUT2D eigenvalue weighted by molar-refractivity contribution is 0.414. The van der Waals surface area contributed by atoms with E-state index in [0.29, 0.717) is 0 Å². The minimum Gasteiger partial charge on any atom is -0.497 e. The zero-order valence-corrected chi connectivity index (χ0v) is 14.3. The van der Waals surface area contributed by atoms with E-state index in [4.69, 9.17) is 4.74 Å². The Kier molecular flexibility index (Phi) is 4.14. The molecule has 0 radical (unpaired) electrons. The minimum atomic E-state index is 0.275. The predicted octanol–water partition coefficient (Wildman–Crippen LogP) is 6.03. The first-order valence-electron chi connectivity index (χ1n) is 8.02. The molecule has 1 heterocycles. The second-order valence-corrected chi connectivity index (χ2v) is 6.92. The molecule has 0 aromatic heterocycles. The number of methoxy groups -OCH3 is 1. The highest BCUT2D eigenvalue weighted by atomic mass is 32.2. The van der Waals surface area contributed by atoms with Crippen LogP contribution in [0, 0.1) is 0 Å². The molecule has 3 aromatic carbocycles. The molecule has 1 atom stereocenters. The van der Waals surface area contributed by atoms with Crippen molar-refractivity contribution in [1.29, 1.82) is 0 Å². The van der Waals surface area contributed by atoms with Gasteiger partial charge in [-0.15, -0.1) is 11.8 Å². The molecule has 1 nitrogen and oxygen atoms in total. The van der Waals surface area contributed by atoms with E-state index in [9.17, 15) is 0 Å². The summed E-state index contributed by atoms with van der Waals surface area (Å²) in [6.45, 7) is 0. The van der Waals surface area contributed by atoms with E-state index in [1.807, 2.05) is 17.8 Å². The van der Waals surface area contributed by atoms with Crippen LogP contribution in [0.4, 0.5) is 0 Å². The fraction of sp³-hybridized carbons (Fsp3) is 0.0909. The Morgan fingerprint density at radius 3 is 2.25 bits per heavy atom. The summed E-state index contributed by atoms with van der Waals surface area (Å²) in [5, 5.41) is 0.275. The summed E-state index contributed by atoms with van der Waals surface area (Å²) in [6, 6.07) is 27.7. The van der Waals surface area contributed by atoms with E-state index in [2.05, 4.69) is 78.9 Å². The van der Waals surface area contributed by atoms with Gasteiger partial charge in [0.1, 0.15) is 5.75 Å². The van der Waals surface area contributed by atoms with Crippen molar-refractivity contribution in [3.63, 3.8) is 0 Å². The molecule has 4 rings (SSSR count). The predicted molar refractivity (Wildman–Crippen MR) is 103 cm³/mol. The Morgan fingerprint density at radius 2 is 1.54 bits per heavy atom. The van der Waals surface area contributed by atoms with Crippen LogP contribution in [-0.2, 0) is 0 Å². The van der Waals surface area contributed by atoms with E-state index in [1.54, 1.807) is 7.11 Å². The fourth-order valence-electron chi connectivity index (χ4n) is 3.03. The summed E-state index contributed by atoms with van der Waals surface area (Å²) < 4.78 is 5.45. The van der Waals surface area contributed by atoms with Gasteiger partial charge < -0.3 is 4.74 Å². The Balaban J connectivity index is 1.85. The van der Waals surface area contributed by atoms with Crippen LogP contribution in [0.25, 0.3) is 11.0 Å². The van der Waals surface area contributed by atoms with Gasteiger partial charge in [0, 0.05) is 4.91 Å². The van der Waals surface area contributed by atoms with E-state index in [1.165, 1.54) is 27.2 Å². The number of hydrogen-bond donors (Lipinski definition) is 0. The Bertz CT molecular complexity index is 869. The molecule has 1 aliphatic heterocycles. The highest BCUT2D eigenvalue weighted by Gasteiger charge is 2.24. The minimum absolute atomic E-state index is 0.275. The summed E-state index contributed by atoms with van der Waals surface area (Å²) in [5.74, 6) is 0.909. The van der Waals surface area contributed by atoms with Crippen LogP contribution < -0.4 is 4.74 Å². The molecule has 118 valence electrons. The fourth-order valence-corrected chi connectivity index (χ4v) is 4.38. The second-order valence-electron chi connectivity index (χ2n) is 5.78. The lowest BCUT2D eigenvalue weighted by atomic mass is 9.97. The molecule has 0 aliphatic carbocycles. The Morgan fingerprint density at radius 1 is 0.833 bits per heavy atom. The molecule has 0 saturated heterocycles. The number of hydrogen-bond acceptors (Lipinski definition) is 2. The maximum atomic E-state index is 5.45. The number of thioether (sulfide) groups is 1. The third kappa shape index (κ3) is 2.85. The van der Waals surface area contributed by atoms with Crippen molar-refractivity contribution in [3.05, 3.63) is 101 Å².